The summed E-state index contributed by atoms with van der Waals surface area (Å²) in [4.78, 5) is 49.9. The summed E-state index contributed by atoms with van der Waals surface area (Å²) in [7, 11) is 1.33. The van der Waals surface area contributed by atoms with E-state index < -0.39 is 28.7 Å². The number of carbonyl (C=O) groups is 4. The van der Waals surface area contributed by atoms with Gasteiger partial charge in [-0.3, -0.25) is 9.59 Å². The predicted molar refractivity (Wildman–Crippen MR) is 145 cm³/mol. The van der Waals surface area contributed by atoms with Crippen molar-refractivity contribution in [2.75, 3.05) is 7.11 Å². The normalized spacial score (nSPS) is 16.5. The molecule has 0 saturated heterocycles. The number of ether oxygens (including phenoxy) is 3. The van der Waals surface area contributed by atoms with Gasteiger partial charge in [-0.1, -0.05) is 53.7 Å². The number of aryl methyl sites for hydroxylation is 2. The fourth-order valence-electron chi connectivity index (χ4n) is 4.95. The van der Waals surface area contributed by atoms with Crippen LogP contribution in [0.5, 0.6) is 11.5 Å². The first-order valence-corrected chi connectivity index (χ1v) is 12.9. The number of hydrogen-bond donors (Lipinski definition) is 1. The van der Waals surface area contributed by atoms with E-state index in [2.05, 4.69) is 0 Å². The number of benzene rings is 2. The Morgan fingerprint density at radius 2 is 1.15 bits per heavy atom. The zero-order valence-corrected chi connectivity index (χ0v) is 23.4. The Kier molecular flexibility index (Phi) is 7.19. The third-order valence-electron chi connectivity index (χ3n) is 6.97. The van der Waals surface area contributed by atoms with Crippen molar-refractivity contribution in [3.8, 4) is 11.5 Å². The molecule has 39 heavy (non-hydrogen) atoms. The highest BCUT2D eigenvalue weighted by atomic mass is 16.6. The van der Waals surface area contributed by atoms with E-state index in [0.29, 0.717) is 29.0 Å². The molecule has 0 amide bonds. The van der Waals surface area contributed by atoms with Crippen LogP contribution >= 0.6 is 0 Å². The van der Waals surface area contributed by atoms with Crippen molar-refractivity contribution >= 4 is 35.0 Å². The molecule has 2 heterocycles. The van der Waals surface area contributed by atoms with E-state index in [1.54, 1.807) is 12.1 Å². The largest absolute Gasteiger partial charge is 0.481 e. The van der Waals surface area contributed by atoms with Crippen LogP contribution in [0.1, 0.15) is 87.8 Å². The number of methoxy groups -OCH3 is 1. The standard InChI is InChI=1S/C31H34O8/c1-30(2,3)20-14-16(8-10-22(32)33)12-18-24(28(35)38-26(18)20)25-19-13-17(9-11-23(34)37-7)15-21(31(4,5)6)27(19)39-29(25)36/h12-15H,8-11H2,1-7H3,(H,32,33). The maximum Gasteiger partial charge on any atom is 0.345 e. The third-order valence-corrected chi connectivity index (χ3v) is 6.97. The lowest BCUT2D eigenvalue weighted by Gasteiger charge is -2.22. The van der Waals surface area contributed by atoms with Gasteiger partial charge < -0.3 is 19.3 Å². The summed E-state index contributed by atoms with van der Waals surface area (Å²) in [5.74, 6) is -1.85. The maximum absolute atomic E-state index is 13.4. The van der Waals surface area contributed by atoms with E-state index in [9.17, 15) is 24.3 Å². The minimum atomic E-state index is -0.929. The monoisotopic (exact) mass is 534 g/mol. The van der Waals surface area contributed by atoms with E-state index in [4.69, 9.17) is 14.2 Å². The van der Waals surface area contributed by atoms with E-state index in [0.717, 1.165) is 22.3 Å². The van der Waals surface area contributed by atoms with Gasteiger partial charge in [-0.15, -0.1) is 0 Å². The van der Waals surface area contributed by atoms with Crippen molar-refractivity contribution in [3.63, 3.8) is 0 Å². The number of esters is 3. The fourth-order valence-corrected chi connectivity index (χ4v) is 4.95. The Morgan fingerprint density at radius 3 is 1.51 bits per heavy atom. The van der Waals surface area contributed by atoms with Gasteiger partial charge in [0.15, 0.2) is 0 Å². The Hall–Kier alpha value is -3.94. The van der Waals surface area contributed by atoms with Crippen LogP contribution < -0.4 is 9.47 Å². The molecule has 0 radical (unpaired) electrons. The molecule has 0 spiro atoms. The highest BCUT2D eigenvalue weighted by molar-refractivity contribution is 6.41. The van der Waals surface area contributed by atoms with Crippen LogP contribution in [0.4, 0.5) is 0 Å². The van der Waals surface area contributed by atoms with Crippen molar-refractivity contribution in [3.05, 3.63) is 57.6 Å². The second-order valence-electron chi connectivity index (χ2n) is 12.0. The molecule has 2 aliphatic rings. The van der Waals surface area contributed by atoms with Crippen LogP contribution in [-0.2, 0) is 47.6 Å². The van der Waals surface area contributed by atoms with Crippen LogP contribution in [0, 0.1) is 0 Å². The minimum Gasteiger partial charge on any atom is -0.481 e. The lowest BCUT2D eigenvalue weighted by Crippen LogP contribution is -2.14. The summed E-state index contributed by atoms with van der Waals surface area (Å²) < 4.78 is 16.4. The smallest absolute Gasteiger partial charge is 0.345 e. The number of rotatable bonds is 6. The third kappa shape index (κ3) is 5.46. The van der Waals surface area contributed by atoms with Gasteiger partial charge in [-0.2, -0.15) is 0 Å². The quantitative estimate of drug-likeness (QED) is 0.307. The molecular weight excluding hydrogens is 500 g/mol. The molecule has 2 aromatic carbocycles. The first kappa shape index (κ1) is 28.1. The Balaban J connectivity index is 1.97. The number of carbonyl (C=O) groups excluding carboxylic acids is 3. The first-order valence-electron chi connectivity index (χ1n) is 12.9. The molecule has 2 aliphatic heterocycles. The summed E-state index contributed by atoms with van der Waals surface area (Å²) in [6, 6.07) is 7.31. The van der Waals surface area contributed by atoms with Crippen molar-refractivity contribution in [2.45, 2.75) is 78.1 Å². The van der Waals surface area contributed by atoms with Crippen LogP contribution in [0.15, 0.2) is 24.3 Å². The molecule has 0 aliphatic carbocycles. The second kappa shape index (κ2) is 9.98. The molecule has 0 bridgehead atoms. The van der Waals surface area contributed by atoms with E-state index in [1.807, 2.05) is 53.7 Å². The van der Waals surface area contributed by atoms with Crippen LogP contribution in [0.2, 0.25) is 0 Å². The van der Waals surface area contributed by atoms with Crippen molar-refractivity contribution in [1.29, 1.82) is 0 Å². The summed E-state index contributed by atoms with van der Waals surface area (Å²) in [6.45, 7) is 11.9. The molecule has 1 N–H and O–H groups in total. The number of fused-ring (bicyclic) bond motifs is 2. The summed E-state index contributed by atoms with van der Waals surface area (Å²) in [6.07, 6.45) is 0.725. The maximum atomic E-state index is 13.4. The van der Waals surface area contributed by atoms with Crippen LogP contribution in [-0.4, -0.2) is 36.1 Å². The molecule has 206 valence electrons. The molecule has 8 heteroatoms. The topological polar surface area (TPSA) is 116 Å². The molecule has 2 aromatic rings. The average molecular weight is 535 g/mol. The van der Waals surface area contributed by atoms with E-state index >= 15 is 0 Å². The fraction of sp³-hybridized carbons (Fsp3) is 0.419. The highest BCUT2D eigenvalue weighted by Crippen LogP contribution is 2.50. The SMILES string of the molecule is COC(=O)CCc1cc2c(c(C(C)(C)C)c1)OC(=O)C2=C1C(=O)Oc2c1cc(CCC(=O)O)cc2C(C)(C)C. The average Bonchev–Trinajstić information content (AvgIpc) is 3.32. The molecule has 0 unspecified atom stereocenters. The predicted octanol–water partition coefficient (Wildman–Crippen LogP) is 5.15. The summed E-state index contributed by atoms with van der Waals surface area (Å²) in [5, 5.41) is 9.24. The van der Waals surface area contributed by atoms with Gasteiger partial charge in [-0.25, -0.2) is 9.59 Å². The van der Waals surface area contributed by atoms with Gasteiger partial charge in [0, 0.05) is 35.1 Å². The van der Waals surface area contributed by atoms with Gasteiger partial charge >= 0.3 is 23.9 Å². The molecule has 0 fully saturated rings. The number of carboxylic acid groups (broad SMARTS) is 1. The van der Waals surface area contributed by atoms with Gasteiger partial charge in [0.25, 0.3) is 0 Å². The molecule has 0 atom stereocenters. The molecule has 0 aromatic heterocycles. The number of hydrogen-bond acceptors (Lipinski definition) is 7. The Labute approximate surface area is 228 Å². The van der Waals surface area contributed by atoms with Gasteiger partial charge in [0.2, 0.25) is 0 Å². The lowest BCUT2D eigenvalue weighted by molar-refractivity contribution is -0.140. The molecule has 0 saturated carbocycles. The van der Waals surface area contributed by atoms with Crippen LogP contribution in [0.3, 0.4) is 0 Å². The second-order valence-corrected chi connectivity index (χ2v) is 12.0. The minimum absolute atomic E-state index is 0.0769. The molecule has 8 nitrogen and oxygen atoms in total. The van der Waals surface area contributed by atoms with E-state index in [1.165, 1.54) is 7.11 Å². The molecular formula is C31H34O8. The van der Waals surface area contributed by atoms with Gasteiger partial charge in [0.05, 0.1) is 18.3 Å². The summed E-state index contributed by atoms with van der Waals surface area (Å²) in [5.41, 5.74) is 3.37. The molecule has 4 rings (SSSR count). The highest BCUT2D eigenvalue weighted by Gasteiger charge is 2.42. The zero-order chi connectivity index (χ0) is 28.9. The van der Waals surface area contributed by atoms with Crippen molar-refractivity contribution in [2.24, 2.45) is 0 Å². The van der Waals surface area contributed by atoms with E-state index in [-0.39, 0.29) is 36.4 Å². The zero-order valence-electron chi connectivity index (χ0n) is 23.4. The summed E-state index contributed by atoms with van der Waals surface area (Å²) >= 11 is 0. The first-order chi connectivity index (χ1) is 18.1. The number of carboxylic acids is 1. The van der Waals surface area contributed by atoms with Gasteiger partial charge in [0.1, 0.15) is 11.5 Å². The van der Waals surface area contributed by atoms with Crippen molar-refractivity contribution in [1.82, 2.24) is 0 Å². The van der Waals surface area contributed by atoms with Gasteiger partial charge in [-0.05, 0) is 46.9 Å². The van der Waals surface area contributed by atoms with Crippen LogP contribution in [0.25, 0.3) is 11.1 Å². The number of aliphatic carboxylic acids is 1. The van der Waals surface area contributed by atoms with Crippen molar-refractivity contribution < 1.29 is 38.5 Å². The Bertz CT molecular complexity index is 1430. The Morgan fingerprint density at radius 1 is 0.744 bits per heavy atom. The lowest BCUT2D eigenvalue weighted by atomic mass is 9.81.